The van der Waals surface area contributed by atoms with Gasteiger partial charge in [0.2, 0.25) is 5.91 Å². The minimum atomic E-state index is -0.526. The molecule has 0 spiro atoms. The first-order valence-electron chi connectivity index (χ1n) is 9.07. The van der Waals surface area contributed by atoms with Crippen molar-refractivity contribution in [3.05, 3.63) is 56.1 Å². The van der Waals surface area contributed by atoms with Crippen LogP contribution < -0.4 is 11.0 Å². The van der Waals surface area contributed by atoms with E-state index in [9.17, 15) is 14.4 Å². The van der Waals surface area contributed by atoms with Gasteiger partial charge in [-0.1, -0.05) is 11.6 Å². The normalized spacial score (nSPS) is 14.0. The van der Waals surface area contributed by atoms with Gasteiger partial charge in [-0.15, -0.1) is 11.3 Å². The lowest BCUT2D eigenvalue weighted by atomic mass is 10.2. The number of anilines is 1. The van der Waals surface area contributed by atoms with E-state index >= 15 is 0 Å². The van der Waals surface area contributed by atoms with Gasteiger partial charge in [0, 0.05) is 18.8 Å². The van der Waals surface area contributed by atoms with Crippen LogP contribution in [0.3, 0.4) is 0 Å². The van der Waals surface area contributed by atoms with Crippen molar-refractivity contribution >= 4 is 40.4 Å². The van der Waals surface area contributed by atoms with E-state index in [0.717, 1.165) is 9.36 Å². The molecule has 0 atom stereocenters. The van der Waals surface area contributed by atoms with Gasteiger partial charge in [-0.3, -0.25) is 9.59 Å². The Kier molecular flexibility index (Phi) is 5.93. The molecule has 1 fully saturated rings. The predicted octanol–water partition coefficient (Wildman–Crippen LogP) is 1.26. The summed E-state index contributed by atoms with van der Waals surface area (Å²) in [5.74, 6) is -0.483. The number of carbonyl (C=O) groups excluding carboxylic acids is 2. The molecule has 12 heteroatoms. The number of nitrogens with one attached hydrogen (secondary N) is 1. The molecule has 3 heterocycles. The summed E-state index contributed by atoms with van der Waals surface area (Å²) in [5.41, 5.74) is 0.486. The molecule has 2 amide bonds. The van der Waals surface area contributed by atoms with Crippen molar-refractivity contribution in [3.63, 3.8) is 0 Å². The zero-order chi connectivity index (χ0) is 21.1. The third-order valence-corrected chi connectivity index (χ3v) is 5.68. The zero-order valence-electron chi connectivity index (χ0n) is 15.7. The van der Waals surface area contributed by atoms with Gasteiger partial charge < -0.3 is 15.0 Å². The number of nitrogens with zero attached hydrogens (tertiary/aromatic N) is 5. The number of carbonyl (C=O) groups is 2. The number of hydrogen-bond donors (Lipinski definition) is 1. The maximum Gasteiger partial charge on any atom is 0.368 e. The van der Waals surface area contributed by atoms with Crippen molar-refractivity contribution in [3.8, 4) is 5.69 Å². The van der Waals surface area contributed by atoms with Crippen LogP contribution in [0, 0.1) is 0 Å². The van der Waals surface area contributed by atoms with E-state index in [0.29, 0.717) is 46.9 Å². The fraction of sp³-hybridized carbons (Fsp3) is 0.278. The average molecular weight is 449 g/mol. The van der Waals surface area contributed by atoms with Crippen molar-refractivity contribution in [2.24, 2.45) is 0 Å². The van der Waals surface area contributed by atoms with Crippen LogP contribution in [-0.4, -0.2) is 62.8 Å². The second-order valence-electron chi connectivity index (χ2n) is 6.43. The Labute approximate surface area is 179 Å². The van der Waals surface area contributed by atoms with Gasteiger partial charge in [-0.05, 0) is 46.8 Å². The van der Waals surface area contributed by atoms with Gasteiger partial charge >= 0.3 is 5.69 Å². The van der Waals surface area contributed by atoms with E-state index in [1.807, 2.05) is 0 Å². The summed E-state index contributed by atoms with van der Waals surface area (Å²) in [6, 6.07) is 9.85. The number of thiophene rings is 1. The number of benzene rings is 1. The number of hydrogen-bond acceptors (Lipinski definition) is 7. The predicted molar refractivity (Wildman–Crippen MR) is 110 cm³/mol. The average Bonchev–Trinajstić information content (AvgIpc) is 3.35. The number of amides is 2. The van der Waals surface area contributed by atoms with Gasteiger partial charge in [0.1, 0.15) is 6.54 Å². The van der Waals surface area contributed by atoms with Crippen molar-refractivity contribution in [1.29, 1.82) is 0 Å². The van der Waals surface area contributed by atoms with E-state index in [2.05, 4.69) is 15.7 Å². The lowest BCUT2D eigenvalue weighted by molar-refractivity contribution is -0.136. The Balaban J connectivity index is 1.43. The summed E-state index contributed by atoms with van der Waals surface area (Å²) in [6.45, 7) is 1.76. The Bertz CT molecular complexity index is 1120. The lowest BCUT2D eigenvalue weighted by Crippen LogP contribution is -2.43. The number of ether oxygens (including phenoxy) is 1. The van der Waals surface area contributed by atoms with E-state index < -0.39 is 5.69 Å². The van der Waals surface area contributed by atoms with Crippen LogP contribution in [0.25, 0.3) is 5.69 Å². The molecule has 0 unspecified atom stereocenters. The minimum absolute atomic E-state index is 0.184. The molecule has 10 nitrogen and oxygen atoms in total. The van der Waals surface area contributed by atoms with E-state index in [1.54, 1.807) is 41.3 Å². The van der Waals surface area contributed by atoms with Crippen LogP contribution >= 0.6 is 22.9 Å². The second kappa shape index (κ2) is 8.78. The molecule has 3 aromatic rings. The van der Waals surface area contributed by atoms with Crippen LogP contribution in [0.1, 0.15) is 9.67 Å². The molecule has 0 bridgehead atoms. The van der Waals surface area contributed by atoms with Crippen LogP contribution in [0.4, 0.5) is 5.69 Å². The fourth-order valence-electron chi connectivity index (χ4n) is 2.89. The number of morpholine rings is 1. The monoisotopic (exact) mass is 448 g/mol. The lowest BCUT2D eigenvalue weighted by Gasteiger charge is -2.26. The largest absolute Gasteiger partial charge is 0.378 e. The smallest absolute Gasteiger partial charge is 0.368 e. The number of halogens is 1. The quantitative estimate of drug-likeness (QED) is 0.629. The van der Waals surface area contributed by atoms with Crippen molar-refractivity contribution in [2.75, 3.05) is 31.6 Å². The summed E-state index contributed by atoms with van der Waals surface area (Å²) in [6.07, 6.45) is 0. The van der Waals surface area contributed by atoms with Crippen LogP contribution in [0.2, 0.25) is 4.34 Å². The van der Waals surface area contributed by atoms with Gasteiger partial charge in [0.25, 0.3) is 5.91 Å². The highest BCUT2D eigenvalue weighted by molar-refractivity contribution is 7.18. The van der Waals surface area contributed by atoms with E-state index in [1.165, 1.54) is 11.3 Å². The highest BCUT2D eigenvalue weighted by atomic mass is 35.5. The third kappa shape index (κ3) is 4.42. The Morgan fingerprint density at radius 3 is 2.50 bits per heavy atom. The molecule has 0 aliphatic carbocycles. The van der Waals surface area contributed by atoms with Crippen molar-refractivity contribution < 1.29 is 14.3 Å². The van der Waals surface area contributed by atoms with Crippen molar-refractivity contribution in [2.45, 2.75) is 6.54 Å². The SMILES string of the molecule is O=C(Nc1ccc(-n2nnn(CC(=O)N3CCOCC3)c2=O)cc1)c1ccc(Cl)s1. The first-order chi connectivity index (χ1) is 14.5. The van der Waals surface area contributed by atoms with E-state index in [4.69, 9.17) is 16.3 Å². The molecule has 30 heavy (non-hydrogen) atoms. The molecular formula is C18H17ClN6O4S. The fourth-order valence-corrected chi connectivity index (χ4v) is 3.83. The van der Waals surface area contributed by atoms with E-state index in [-0.39, 0.29) is 18.4 Å². The maximum atomic E-state index is 12.6. The molecule has 0 saturated carbocycles. The molecular weight excluding hydrogens is 432 g/mol. The molecule has 0 radical (unpaired) electrons. The summed E-state index contributed by atoms with van der Waals surface area (Å²) < 4.78 is 7.87. The zero-order valence-corrected chi connectivity index (χ0v) is 17.2. The minimum Gasteiger partial charge on any atom is -0.378 e. The van der Waals surface area contributed by atoms with Crippen LogP contribution in [0.5, 0.6) is 0 Å². The Hall–Kier alpha value is -3.02. The van der Waals surface area contributed by atoms with Gasteiger partial charge in [0.05, 0.1) is 28.1 Å². The molecule has 156 valence electrons. The molecule has 1 aliphatic rings. The number of rotatable bonds is 5. The third-order valence-electron chi connectivity index (χ3n) is 4.45. The molecule has 1 saturated heterocycles. The Morgan fingerprint density at radius 1 is 1.10 bits per heavy atom. The first kappa shape index (κ1) is 20.3. The van der Waals surface area contributed by atoms with Gasteiger partial charge in [0.15, 0.2) is 0 Å². The van der Waals surface area contributed by atoms with Crippen LogP contribution in [0.15, 0.2) is 41.2 Å². The summed E-state index contributed by atoms with van der Waals surface area (Å²) >= 11 is 7.03. The molecule has 4 rings (SSSR count). The topological polar surface area (TPSA) is 111 Å². The van der Waals surface area contributed by atoms with Crippen molar-refractivity contribution in [1.82, 2.24) is 24.7 Å². The van der Waals surface area contributed by atoms with Crippen LogP contribution in [-0.2, 0) is 16.1 Å². The molecule has 1 aromatic carbocycles. The highest BCUT2D eigenvalue weighted by Gasteiger charge is 2.19. The molecule has 1 aliphatic heterocycles. The molecule has 1 N–H and O–H groups in total. The molecule has 2 aromatic heterocycles. The second-order valence-corrected chi connectivity index (χ2v) is 8.14. The summed E-state index contributed by atoms with van der Waals surface area (Å²) in [5, 5.41) is 10.4. The number of aromatic nitrogens is 4. The standard InChI is InChI=1S/C18H17ClN6O4S/c19-15-6-5-14(30-15)17(27)20-12-1-3-13(4-2-12)25-18(28)24(21-22-25)11-16(26)23-7-9-29-10-8-23/h1-6H,7-11H2,(H,20,27). The highest BCUT2D eigenvalue weighted by Crippen LogP contribution is 2.22. The maximum absolute atomic E-state index is 12.6. The number of tetrazole rings is 1. The Morgan fingerprint density at radius 2 is 1.83 bits per heavy atom. The summed E-state index contributed by atoms with van der Waals surface area (Å²) in [7, 11) is 0. The first-order valence-corrected chi connectivity index (χ1v) is 10.3. The van der Waals surface area contributed by atoms with Gasteiger partial charge in [-0.25, -0.2) is 4.79 Å². The van der Waals surface area contributed by atoms with Gasteiger partial charge in [-0.2, -0.15) is 9.36 Å². The summed E-state index contributed by atoms with van der Waals surface area (Å²) in [4.78, 5) is 39.2.